The molecule has 2 rings (SSSR count). The van der Waals surface area contributed by atoms with Gasteiger partial charge >= 0.3 is 0 Å². The van der Waals surface area contributed by atoms with Crippen LogP contribution in [0.4, 0.5) is 0 Å². The van der Waals surface area contributed by atoms with Crippen molar-refractivity contribution in [3.8, 4) is 0 Å². The lowest BCUT2D eigenvalue weighted by molar-refractivity contribution is -0.0135. The Morgan fingerprint density at radius 2 is 1.85 bits per heavy atom. The molecule has 3 atom stereocenters. The van der Waals surface area contributed by atoms with Crippen LogP contribution in [0.15, 0.2) is 30.3 Å². The van der Waals surface area contributed by atoms with Crippen molar-refractivity contribution in [2.45, 2.75) is 57.9 Å². The number of β-amino-alcohol motifs (C(OH)–C–C–N with tert-alkyl or cyclic N) is 1. The number of likely N-dealkylation sites (tertiary alicyclic amines) is 1. The molecule has 0 spiro atoms. The van der Waals surface area contributed by atoms with E-state index in [1.54, 1.807) is 0 Å². The summed E-state index contributed by atoms with van der Waals surface area (Å²) in [4.78, 5) is 2.42. The molecule has 1 saturated heterocycles. The van der Waals surface area contributed by atoms with Gasteiger partial charge in [-0.3, -0.25) is 4.90 Å². The number of benzene rings is 1. The van der Waals surface area contributed by atoms with Gasteiger partial charge in [0.2, 0.25) is 0 Å². The average Bonchev–Trinajstić information content (AvgIpc) is 2.44. The third-order valence-corrected chi connectivity index (χ3v) is 4.22. The fourth-order valence-corrected chi connectivity index (χ4v) is 3.02. The van der Waals surface area contributed by atoms with Crippen LogP contribution in [0, 0.1) is 0 Å². The number of piperidine rings is 1. The summed E-state index contributed by atoms with van der Waals surface area (Å²) in [5.74, 6) is 0. The van der Waals surface area contributed by atoms with Crippen LogP contribution in [0.5, 0.6) is 0 Å². The predicted octanol–water partition coefficient (Wildman–Crippen LogP) is 2.83. The van der Waals surface area contributed by atoms with Crippen molar-refractivity contribution in [2.75, 3.05) is 13.2 Å². The summed E-state index contributed by atoms with van der Waals surface area (Å²) in [7, 11) is 0. The summed E-state index contributed by atoms with van der Waals surface area (Å²) >= 11 is 0. The molecule has 1 aliphatic rings. The summed E-state index contributed by atoms with van der Waals surface area (Å²) in [5.41, 5.74) is 1.15. The molecule has 1 aliphatic heterocycles. The highest BCUT2D eigenvalue weighted by atomic mass is 16.5. The maximum atomic E-state index is 10.1. The topological polar surface area (TPSA) is 32.7 Å². The van der Waals surface area contributed by atoms with Gasteiger partial charge in [0.05, 0.1) is 19.3 Å². The average molecular weight is 277 g/mol. The SMILES string of the molecule is C[C@@H]1CCC[C@H](C)N1C[C@H](O)COCc1ccccc1. The number of hydrogen-bond acceptors (Lipinski definition) is 3. The zero-order chi connectivity index (χ0) is 14.4. The number of nitrogens with zero attached hydrogens (tertiary/aromatic N) is 1. The molecular weight excluding hydrogens is 250 g/mol. The smallest absolute Gasteiger partial charge is 0.0900 e. The first-order valence-corrected chi connectivity index (χ1v) is 7.72. The minimum absolute atomic E-state index is 0.401. The van der Waals surface area contributed by atoms with Crippen molar-refractivity contribution in [1.29, 1.82) is 0 Å². The molecule has 0 aliphatic carbocycles. The normalized spacial score (nSPS) is 25.6. The van der Waals surface area contributed by atoms with Crippen molar-refractivity contribution in [1.82, 2.24) is 4.90 Å². The highest BCUT2D eigenvalue weighted by molar-refractivity contribution is 5.13. The van der Waals surface area contributed by atoms with Crippen molar-refractivity contribution >= 4 is 0 Å². The Labute approximate surface area is 122 Å². The van der Waals surface area contributed by atoms with E-state index >= 15 is 0 Å². The maximum Gasteiger partial charge on any atom is 0.0900 e. The minimum atomic E-state index is -0.401. The molecule has 0 radical (unpaired) electrons. The largest absolute Gasteiger partial charge is 0.389 e. The standard InChI is InChI=1S/C17H27NO2/c1-14-7-6-8-15(2)18(14)11-17(19)13-20-12-16-9-4-3-5-10-16/h3-5,9-10,14-15,17,19H,6-8,11-13H2,1-2H3/t14-,15+,17-/m0/s1. The summed E-state index contributed by atoms with van der Waals surface area (Å²) < 4.78 is 5.62. The molecule has 112 valence electrons. The van der Waals surface area contributed by atoms with E-state index < -0.39 is 6.10 Å². The van der Waals surface area contributed by atoms with E-state index in [0.717, 1.165) is 12.1 Å². The zero-order valence-electron chi connectivity index (χ0n) is 12.7. The minimum Gasteiger partial charge on any atom is -0.389 e. The molecule has 20 heavy (non-hydrogen) atoms. The van der Waals surface area contributed by atoms with Gasteiger partial charge in [0.15, 0.2) is 0 Å². The number of hydrogen-bond donors (Lipinski definition) is 1. The van der Waals surface area contributed by atoms with Crippen LogP contribution in [0.2, 0.25) is 0 Å². The third kappa shape index (κ3) is 4.58. The van der Waals surface area contributed by atoms with Gasteiger partial charge in [0.25, 0.3) is 0 Å². The van der Waals surface area contributed by atoms with Gasteiger partial charge < -0.3 is 9.84 Å². The molecule has 0 bridgehead atoms. The molecule has 1 heterocycles. The van der Waals surface area contributed by atoms with Gasteiger partial charge in [-0.1, -0.05) is 36.8 Å². The highest BCUT2D eigenvalue weighted by Crippen LogP contribution is 2.22. The second kappa shape index (κ2) is 7.77. The van der Waals surface area contributed by atoms with E-state index in [-0.39, 0.29) is 0 Å². The van der Waals surface area contributed by atoms with Gasteiger partial charge in [-0.25, -0.2) is 0 Å². The summed E-state index contributed by atoms with van der Waals surface area (Å²) in [6.45, 7) is 6.21. The van der Waals surface area contributed by atoms with Gasteiger partial charge in [0, 0.05) is 18.6 Å². The maximum absolute atomic E-state index is 10.1. The monoisotopic (exact) mass is 277 g/mol. The second-order valence-electron chi connectivity index (χ2n) is 5.98. The lowest BCUT2D eigenvalue weighted by Crippen LogP contribution is -2.48. The fraction of sp³-hybridized carbons (Fsp3) is 0.647. The van der Waals surface area contributed by atoms with Crippen LogP contribution in [0.1, 0.15) is 38.7 Å². The predicted molar refractivity (Wildman–Crippen MR) is 81.6 cm³/mol. The van der Waals surface area contributed by atoms with E-state index in [2.05, 4.69) is 18.7 Å². The van der Waals surface area contributed by atoms with E-state index in [4.69, 9.17) is 4.74 Å². The first kappa shape index (κ1) is 15.5. The Balaban J connectivity index is 1.70. The van der Waals surface area contributed by atoms with Crippen molar-refractivity contribution in [3.63, 3.8) is 0 Å². The van der Waals surface area contributed by atoms with E-state index in [0.29, 0.717) is 25.3 Å². The number of aliphatic hydroxyl groups is 1. The third-order valence-electron chi connectivity index (χ3n) is 4.22. The van der Waals surface area contributed by atoms with Crippen molar-refractivity contribution in [3.05, 3.63) is 35.9 Å². The van der Waals surface area contributed by atoms with E-state index in [1.165, 1.54) is 19.3 Å². The molecule has 0 unspecified atom stereocenters. The van der Waals surface area contributed by atoms with E-state index in [1.807, 2.05) is 30.3 Å². The quantitative estimate of drug-likeness (QED) is 0.868. The Kier molecular flexibility index (Phi) is 6.02. The molecule has 1 aromatic carbocycles. The fourth-order valence-electron chi connectivity index (χ4n) is 3.02. The molecule has 1 aromatic rings. The Hall–Kier alpha value is -0.900. The molecule has 0 saturated carbocycles. The lowest BCUT2D eigenvalue weighted by atomic mass is 9.97. The first-order chi connectivity index (χ1) is 9.66. The molecule has 0 aromatic heterocycles. The van der Waals surface area contributed by atoms with E-state index in [9.17, 15) is 5.11 Å². The van der Waals surface area contributed by atoms with Crippen LogP contribution < -0.4 is 0 Å². The Bertz CT molecular complexity index is 372. The van der Waals surface area contributed by atoms with Crippen LogP contribution in [-0.2, 0) is 11.3 Å². The number of aliphatic hydroxyl groups excluding tert-OH is 1. The number of ether oxygens (including phenoxy) is 1. The first-order valence-electron chi connectivity index (χ1n) is 7.72. The molecule has 3 nitrogen and oxygen atoms in total. The molecule has 1 fully saturated rings. The van der Waals surface area contributed by atoms with Crippen LogP contribution in [0.25, 0.3) is 0 Å². The molecule has 0 amide bonds. The van der Waals surface area contributed by atoms with Crippen LogP contribution in [0.3, 0.4) is 0 Å². The van der Waals surface area contributed by atoms with Crippen molar-refractivity contribution < 1.29 is 9.84 Å². The Morgan fingerprint density at radius 3 is 2.50 bits per heavy atom. The van der Waals surface area contributed by atoms with Crippen LogP contribution in [-0.4, -0.2) is 41.3 Å². The molecule has 1 N–H and O–H groups in total. The Morgan fingerprint density at radius 1 is 1.20 bits per heavy atom. The highest BCUT2D eigenvalue weighted by Gasteiger charge is 2.26. The van der Waals surface area contributed by atoms with Gasteiger partial charge in [0.1, 0.15) is 0 Å². The number of rotatable bonds is 6. The van der Waals surface area contributed by atoms with Gasteiger partial charge in [-0.2, -0.15) is 0 Å². The summed E-state index contributed by atoms with van der Waals surface area (Å²) in [6.07, 6.45) is 3.38. The van der Waals surface area contributed by atoms with Crippen molar-refractivity contribution in [2.24, 2.45) is 0 Å². The van der Waals surface area contributed by atoms with Gasteiger partial charge in [-0.15, -0.1) is 0 Å². The summed E-state index contributed by atoms with van der Waals surface area (Å²) in [5, 5.41) is 10.1. The van der Waals surface area contributed by atoms with Gasteiger partial charge in [-0.05, 0) is 32.3 Å². The van der Waals surface area contributed by atoms with Crippen LogP contribution >= 0.6 is 0 Å². The zero-order valence-corrected chi connectivity index (χ0v) is 12.7. The second-order valence-corrected chi connectivity index (χ2v) is 5.98. The summed E-state index contributed by atoms with van der Waals surface area (Å²) in [6, 6.07) is 11.2. The molecular formula is C17H27NO2. The molecule has 3 heteroatoms. The lowest BCUT2D eigenvalue weighted by Gasteiger charge is -2.40.